The number of hydrogen-bond donors (Lipinski definition) is 3. The number of hydrogen-bond acceptors (Lipinski definition) is 6. The van der Waals surface area contributed by atoms with Crippen LogP contribution in [0, 0.1) is 0 Å². The van der Waals surface area contributed by atoms with E-state index in [2.05, 4.69) is 10.3 Å². The highest BCUT2D eigenvalue weighted by molar-refractivity contribution is 5.69. The Bertz CT molecular complexity index is 1210. The number of fused-ring (bicyclic) bond motifs is 1. The van der Waals surface area contributed by atoms with Crippen LogP contribution in [0.25, 0.3) is 11.2 Å². The maximum atomic E-state index is 12.5. The van der Waals surface area contributed by atoms with Crippen molar-refractivity contribution in [2.24, 2.45) is 14.1 Å². The SMILES string of the molecule is CC(C)c1cc(C(O)CNCCn2cnc3c2c(=O)n(C)c(=O)n3C)cc(C(C)C)c1O. The molecule has 0 saturated carbocycles. The molecule has 1 aromatic carbocycles. The van der Waals surface area contributed by atoms with Crippen LogP contribution in [0.1, 0.15) is 62.3 Å². The lowest BCUT2D eigenvalue weighted by molar-refractivity contribution is 0.174. The van der Waals surface area contributed by atoms with Crippen molar-refractivity contribution in [1.29, 1.82) is 0 Å². The van der Waals surface area contributed by atoms with E-state index in [1.807, 2.05) is 39.8 Å². The Labute approximate surface area is 187 Å². The Morgan fingerprint density at radius 1 is 1.03 bits per heavy atom. The number of nitrogens with one attached hydrogen (secondary N) is 1. The molecule has 2 aromatic heterocycles. The monoisotopic (exact) mass is 443 g/mol. The van der Waals surface area contributed by atoms with E-state index in [9.17, 15) is 19.8 Å². The largest absolute Gasteiger partial charge is 0.507 e. The van der Waals surface area contributed by atoms with Crippen LogP contribution in [-0.4, -0.2) is 42.0 Å². The van der Waals surface area contributed by atoms with Gasteiger partial charge in [-0.25, -0.2) is 9.78 Å². The lowest BCUT2D eigenvalue weighted by Gasteiger charge is -2.20. The number of nitrogens with zero attached hydrogens (tertiary/aromatic N) is 4. The molecule has 0 aliphatic carbocycles. The molecule has 0 radical (unpaired) electrons. The predicted molar refractivity (Wildman–Crippen MR) is 124 cm³/mol. The van der Waals surface area contributed by atoms with Gasteiger partial charge in [0, 0.05) is 33.7 Å². The first-order valence-corrected chi connectivity index (χ1v) is 10.9. The summed E-state index contributed by atoms with van der Waals surface area (Å²) in [6, 6.07) is 3.73. The highest BCUT2D eigenvalue weighted by Crippen LogP contribution is 2.36. The second kappa shape index (κ2) is 9.30. The van der Waals surface area contributed by atoms with E-state index in [0.717, 1.165) is 21.3 Å². The molecule has 3 aromatic rings. The molecule has 0 saturated heterocycles. The van der Waals surface area contributed by atoms with Gasteiger partial charge in [0.15, 0.2) is 11.2 Å². The zero-order chi connectivity index (χ0) is 23.7. The van der Waals surface area contributed by atoms with Crippen molar-refractivity contribution >= 4 is 11.2 Å². The first kappa shape index (κ1) is 23.7. The number of aromatic hydroxyl groups is 1. The molecule has 3 N–H and O–H groups in total. The van der Waals surface area contributed by atoms with E-state index in [0.29, 0.717) is 36.5 Å². The van der Waals surface area contributed by atoms with Gasteiger partial charge >= 0.3 is 5.69 Å². The summed E-state index contributed by atoms with van der Waals surface area (Å²) in [7, 11) is 3.04. The molecular formula is C23H33N5O4. The van der Waals surface area contributed by atoms with E-state index in [-0.39, 0.29) is 17.4 Å². The van der Waals surface area contributed by atoms with E-state index >= 15 is 0 Å². The Balaban J connectivity index is 1.72. The average Bonchev–Trinajstić information content (AvgIpc) is 3.17. The third kappa shape index (κ3) is 4.35. The van der Waals surface area contributed by atoms with Gasteiger partial charge in [-0.3, -0.25) is 13.9 Å². The van der Waals surface area contributed by atoms with Crippen LogP contribution in [0.3, 0.4) is 0 Å². The van der Waals surface area contributed by atoms with Gasteiger partial charge in [-0.05, 0) is 40.7 Å². The lowest BCUT2D eigenvalue weighted by atomic mass is 9.90. The summed E-state index contributed by atoms with van der Waals surface area (Å²) in [5.41, 5.74) is 2.35. The van der Waals surface area contributed by atoms with Gasteiger partial charge in [0.1, 0.15) is 5.75 Å². The molecule has 174 valence electrons. The predicted octanol–water partition coefficient (Wildman–Crippen LogP) is 1.71. The minimum Gasteiger partial charge on any atom is -0.507 e. The minimum absolute atomic E-state index is 0.140. The summed E-state index contributed by atoms with van der Waals surface area (Å²) < 4.78 is 4.14. The van der Waals surface area contributed by atoms with Crippen molar-refractivity contribution in [1.82, 2.24) is 24.0 Å². The Kier molecular flexibility index (Phi) is 6.90. The van der Waals surface area contributed by atoms with Crippen molar-refractivity contribution in [3.05, 3.63) is 56.0 Å². The highest BCUT2D eigenvalue weighted by Gasteiger charge is 2.19. The number of aromatic nitrogens is 4. The molecular weight excluding hydrogens is 410 g/mol. The zero-order valence-electron chi connectivity index (χ0n) is 19.6. The number of imidazole rings is 1. The van der Waals surface area contributed by atoms with Crippen molar-refractivity contribution in [3.8, 4) is 5.75 Å². The molecule has 0 amide bonds. The van der Waals surface area contributed by atoms with Gasteiger partial charge in [0.2, 0.25) is 0 Å². The Morgan fingerprint density at radius 2 is 1.62 bits per heavy atom. The molecule has 0 spiro atoms. The zero-order valence-corrected chi connectivity index (χ0v) is 19.6. The number of benzene rings is 1. The smallest absolute Gasteiger partial charge is 0.332 e. The molecule has 0 fully saturated rings. The van der Waals surface area contributed by atoms with Crippen LogP contribution < -0.4 is 16.6 Å². The minimum atomic E-state index is -0.737. The second-order valence-corrected chi connectivity index (χ2v) is 8.89. The van der Waals surface area contributed by atoms with Gasteiger partial charge in [0.05, 0.1) is 12.4 Å². The fourth-order valence-electron chi connectivity index (χ4n) is 3.90. The van der Waals surface area contributed by atoms with E-state index < -0.39 is 11.8 Å². The average molecular weight is 444 g/mol. The standard InChI is InChI=1S/C23H33N5O4/c1-13(2)16-9-15(10-17(14(3)4)20(16)30)18(29)11-24-7-8-28-12-25-21-19(28)22(31)27(6)23(32)26(21)5/h9-10,12-14,18,24,29-30H,7-8,11H2,1-6H3. The molecule has 2 heterocycles. The van der Waals surface area contributed by atoms with E-state index in [4.69, 9.17) is 0 Å². The van der Waals surface area contributed by atoms with Crippen LogP contribution in [0.15, 0.2) is 28.0 Å². The number of phenols is 1. The van der Waals surface area contributed by atoms with Crippen molar-refractivity contribution in [2.45, 2.75) is 52.2 Å². The summed E-state index contributed by atoms with van der Waals surface area (Å²) in [6.45, 7) is 9.35. The third-order valence-corrected chi connectivity index (χ3v) is 5.90. The summed E-state index contributed by atoms with van der Waals surface area (Å²) >= 11 is 0. The van der Waals surface area contributed by atoms with Gasteiger partial charge in [-0.1, -0.05) is 27.7 Å². The molecule has 0 bridgehead atoms. The van der Waals surface area contributed by atoms with Crippen LogP contribution in [-0.2, 0) is 20.6 Å². The first-order chi connectivity index (χ1) is 15.0. The first-order valence-electron chi connectivity index (χ1n) is 10.9. The fraction of sp³-hybridized carbons (Fsp3) is 0.522. The van der Waals surface area contributed by atoms with Crippen LogP contribution in [0.4, 0.5) is 0 Å². The molecule has 9 nitrogen and oxygen atoms in total. The number of phenolic OH excluding ortho intramolecular Hbond substituents is 1. The summed E-state index contributed by atoms with van der Waals surface area (Å²) in [6.07, 6.45) is 0.812. The highest BCUT2D eigenvalue weighted by atomic mass is 16.3. The van der Waals surface area contributed by atoms with Crippen LogP contribution in [0.2, 0.25) is 0 Å². The number of rotatable bonds is 8. The van der Waals surface area contributed by atoms with Crippen molar-refractivity contribution in [3.63, 3.8) is 0 Å². The molecule has 0 aliphatic rings. The van der Waals surface area contributed by atoms with Crippen LogP contribution in [0.5, 0.6) is 5.75 Å². The van der Waals surface area contributed by atoms with Gasteiger partial charge in [-0.15, -0.1) is 0 Å². The number of aryl methyl sites for hydroxylation is 1. The van der Waals surface area contributed by atoms with Gasteiger partial charge < -0.3 is 20.1 Å². The van der Waals surface area contributed by atoms with Crippen molar-refractivity contribution in [2.75, 3.05) is 13.1 Å². The lowest BCUT2D eigenvalue weighted by Crippen LogP contribution is -2.37. The molecule has 0 aliphatic heterocycles. The third-order valence-electron chi connectivity index (χ3n) is 5.90. The molecule has 1 atom stereocenters. The van der Waals surface area contributed by atoms with E-state index in [1.54, 1.807) is 17.9 Å². The number of aliphatic hydroxyl groups is 1. The Hall–Kier alpha value is -2.91. The van der Waals surface area contributed by atoms with Gasteiger partial charge in [0.25, 0.3) is 5.56 Å². The van der Waals surface area contributed by atoms with Crippen LogP contribution >= 0.6 is 0 Å². The van der Waals surface area contributed by atoms with E-state index in [1.165, 1.54) is 11.6 Å². The summed E-state index contributed by atoms with van der Waals surface area (Å²) in [4.78, 5) is 28.8. The van der Waals surface area contributed by atoms with Gasteiger partial charge in [-0.2, -0.15) is 0 Å². The quantitative estimate of drug-likeness (QED) is 0.457. The molecule has 3 rings (SSSR count). The maximum Gasteiger partial charge on any atom is 0.332 e. The summed E-state index contributed by atoms with van der Waals surface area (Å²) in [5.74, 6) is 0.586. The Morgan fingerprint density at radius 3 is 2.19 bits per heavy atom. The fourth-order valence-corrected chi connectivity index (χ4v) is 3.90. The second-order valence-electron chi connectivity index (χ2n) is 8.89. The molecule has 9 heteroatoms. The van der Waals surface area contributed by atoms with Crippen molar-refractivity contribution < 1.29 is 10.2 Å². The summed E-state index contributed by atoms with van der Waals surface area (Å²) in [5, 5.41) is 24.5. The number of aliphatic hydroxyl groups excluding tert-OH is 1. The topological polar surface area (TPSA) is 114 Å². The molecule has 1 unspecified atom stereocenters. The normalized spacial score (nSPS) is 12.9. The molecule has 32 heavy (non-hydrogen) atoms. The maximum absolute atomic E-state index is 12.5.